The van der Waals surface area contributed by atoms with Gasteiger partial charge in [-0.2, -0.15) is 0 Å². The van der Waals surface area contributed by atoms with Crippen LogP contribution >= 0.6 is 11.6 Å². The van der Waals surface area contributed by atoms with E-state index in [1.807, 2.05) is 69.4 Å². The van der Waals surface area contributed by atoms with Crippen LogP contribution in [0.2, 0.25) is 5.02 Å². The van der Waals surface area contributed by atoms with E-state index in [0.29, 0.717) is 53.3 Å². The number of carbonyl (C=O) groups is 2. The van der Waals surface area contributed by atoms with Crippen molar-refractivity contribution in [3.63, 3.8) is 0 Å². The number of pyridine rings is 1. The first-order chi connectivity index (χ1) is 31.1. The predicted octanol–water partition coefficient (Wildman–Crippen LogP) is 15.5. The number of nitrogens with zero attached hydrogens (tertiary/aromatic N) is 4. The number of ketones is 1. The standard InChI is InChI=1S/C15H24N2.C14H20ClNO.C11H14O.C10H14.C9H13N/c1-12(2)14-6-5-13(3)15(11-14)17-9-7-16(4)8-10-17;1-5-16(6-2)14(17)12-9-11(10(3)4)7-8-13(12)15;1-8(2)10-4-6-11(7-5-10)9(3)12;1-8(2)10-6-4-9(3)5-7-10;1-7(2)9-5-4-8(3)10-6-9/h5-6,11-12H,7-10H2,1-4H3;7-10H,5-6H2,1-4H3;4-8H,1-3H3;4-8H,1-3H3;4-7H,1-3H3. The lowest BCUT2D eigenvalue weighted by molar-refractivity contribution is 0.0772. The molecule has 1 aromatic heterocycles. The third kappa shape index (κ3) is 19.6. The summed E-state index contributed by atoms with van der Waals surface area (Å²) >= 11 is 6.11. The zero-order valence-electron chi connectivity index (χ0n) is 43.9. The highest BCUT2D eigenvalue weighted by Gasteiger charge is 2.18. The molecule has 0 N–H and O–H groups in total. The van der Waals surface area contributed by atoms with E-state index in [1.54, 1.807) is 11.8 Å². The lowest BCUT2D eigenvalue weighted by Crippen LogP contribution is -2.44. The zero-order chi connectivity index (χ0) is 49.7. The Morgan fingerprint density at radius 2 is 1.03 bits per heavy atom. The minimum Gasteiger partial charge on any atom is -0.369 e. The molecule has 0 bridgehead atoms. The SMILES string of the molecule is CC(=O)c1ccc(C(C)C)cc1.CCN(CC)C(=O)c1cc(C(C)C)ccc1Cl.Cc1ccc(C(C)C)cc1.Cc1ccc(C(C)C)cc1N1CCN(C)CC1.Cc1ccc(C(C)C)cn1. The summed E-state index contributed by atoms with van der Waals surface area (Å²) in [5, 5.41) is 0.534. The molecule has 360 valence electrons. The molecule has 4 aromatic carbocycles. The lowest BCUT2D eigenvalue weighted by atomic mass is 10.00. The Labute approximate surface area is 407 Å². The van der Waals surface area contributed by atoms with Gasteiger partial charge < -0.3 is 14.7 Å². The van der Waals surface area contributed by atoms with Gasteiger partial charge in [-0.3, -0.25) is 14.6 Å². The fraction of sp³-hybridized carbons (Fsp3) is 0.475. The van der Waals surface area contributed by atoms with Crippen molar-refractivity contribution in [1.29, 1.82) is 0 Å². The molecule has 0 radical (unpaired) electrons. The number of halogens is 1. The molecule has 7 heteroatoms. The number of aryl methyl sites for hydroxylation is 3. The average Bonchev–Trinajstić information content (AvgIpc) is 3.28. The fourth-order valence-electron chi connectivity index (χ4n) is 7.00. The van der Waals surface area contributed by atoms with Gasteiger partial charge in [-0.1, -0.05) is 159 Å². The second kappa shape index (κ2) is 29.1. The van der Waals surface area contributed by atoms with E-state index in [4.69, 9.17) is 11.6 Å². The molecule has 2 heterocycles. The molecule has 1 aliphatic heterocycles. The maximum atomic E-state index is 12.2. The molecule has 1 aliphatic rings. The molecule has 0 atom stereocenters. The van der Waals surface area contributed by atoms with Crippen LogP contribution in [-0.4, -0.2) is 72.8 Å². The molecule has 0 unspecified atom stereocenters. The number of rotatable bonds is 10. The van der Waals surface area contributed by atoms with Crippen LogP contribution in [0.3, 0.4) is 0 Å². The Hall–Kier alpha value is -4.78. The Balaban J connectivity index is 0.000000289. The van der Waals surface area contributed by atoms with Crippen molar-refractivity contribution in [2.45, 2.75) is 140 Å². The maximum absolute atomic E-state index is 12.2. The van der Waals surface area contributed by atoms with Crippen molar-refractivity contribution in [1.82, 2.24) is 14.8 Å². The number of hydrogen-bond acceptors (Lipinski definition) is 5. The molecule has 5 aromatic rings. The number of amides is 1. The van der Waals surface area contributed by atoms with Crippen LogP contribution in [0, 0.1) is 20.8 Å². The highest BCUT2D eigenvalue weighted by Crippen LogP contribution is 2.27. The van der Waals surface area contributed by atoms with Crippen LogP contribution in [0.15, 0.2) is 103 Å². The van der Waals surface area contributed by atoms with E-state index < -0.39 is 0 Å². The highest BCUT2D eigenvalue weighted by atomic mass is 35.5. The van der Waals surface area contributed by atoms with Crippen molar-refractivity contribution in [3.8, 4) is 0 Å². The van der Waals surface area contributed by atoms with Gasteiger partial charge in [0.1, 0.15) is 0 Å². The van der Waals surface area contributed by atoms with Gasteiger partial charge in [0, 0.05) is 62.4 Å². The Morgan fingerprint density at radius 1 is 0.591 bits per heavy atom. The summed E-state index contributed by atoms with van der Waals surface area (Å²) in [6.07, 6.45) is 1.94. The zero-order valence-corrected chi connectivity index (χ0v) is 44.7. The average molecular weight is 918 g/mol. The summed E-state index contributed by atoms with van der Waals surface area (Å²) in [5.74, 6) is 2.94. The quantitative estimate of drug-likeness (QED) is 0.131. The molecule has 0 aliphatic carbocycles. The van der Waals surface area contributed by atoms with Crippen LogP contribution in [0.4, 0.5) is 5.69 Å². The number of carbonyl (C=O) groups excluding carboxylic acids is 2. The van der Waals surface area contributed by atoms with Crippen molar-refractivity contribution >= 4 is 29.0 Å². The summed E-state index contributed by atoms with van der Waals surface area (Å²) in [7, 11) is 2.20. The van der Waals surface area contributed by atoms with Crippen LogP contribution in [0.25, 0.3) is 0 Å². The molecule has 1 saturated heterocycles. The lowest BCUT2D eigenvalue weighted by Gasteiger charge is -2.35. The van der Waals surface area contributed by atoms with Crippen molar-refractivity contribution in [3.05, 3.63) is 164 Å². The minimum atomic E-state index is 0.0162. The molecular weight excluding hydrogens is 832 g/mol. The molecule has 1 fully saturated rings. The molecular formula is C59H85ClN4O2. The Kier molecular flexibility index (Phi) is 25.3. The van der Waals surface area contributed by atoms with Crippen LogP contribution in [0.5, 0.6) is 0 Å². The number of anilines is 1. The smallest absolute Gasteiger partial charge is 0.255 e. The topological polar surface area (TPSA) is 56.8 Å². The van der Waals surface area contributed by atoms with Crippen LogP contribution in [0.1, 0.15) is 185 Å². The normalized spacial score (nSPS) is 12.4. The van der Waals surface area contributed by atoms with E-state index in [0.717, 1.165) is 29.9 Å². The molecule has 6 rings (SSSR count). The number of Topliss-reactive ketones (excluding diaryl/α,β-unsaturated/α-hetero) is 1. The van der Waals surface area contributed by atoms with E-state index in [-0.39, 0.29) is 11.7 Å². The predicted molar refractivity (Wildman–Crippen MR) is 287 cm³/mol. The summed E-state index contributed by atoms with van der Waals surface area (Å²) in [4.78, 5) is 34.1. The van der Waals surface area contributed by atoms with Gasteiger partial charge in [0.05, 0.1) is 10.6 Å². The summed E-state index contributed by atoms with van der Waals surface area (Å²) in [6, 6.07) is 33.3. The molecule has 66 heavy (non-hydrogen) atoms. The largest absolute Gasteiger partial charge is 0.369 e. The van der Waals surface area contributed by atoms with Gasteiger partial charge in [0.2, 0.25) is 0 Å². The fourth-order valence-corrected chi connectivity index (χ4v) is 7.19. The number of hydrogen-bond donors (Lipinski definition) is 0. The molecule has 6 nitrogen and oxygen atoms in total. The van der Waals surface area contributed by atoms with E-state index >= 15 is 0 Å². The van der Waals surface area contributed by atoms with Gasteiger partial charge >= 0.3 is 0 Å². The second-order valence-corrected chi connectivity index (χ2v) is 19.6. The van der Waals surface area contributed by atoms with E-state index in [1.165, 1.54) is 52.2 Å². The molecule has 0 spiro atoms. The minimum absolute atomic E-state index is 0.0162. The first kappa shape index (κ1) is 57.3. The summed E-state index contributed by atoms with van der Waals surface area (Å²) in [6.45, 7) is 39.7. The third-order valence-electron chi connectivity index (χ3n) is 12.0. The van der Waals surface area contributed by atoms with Gasteiger partial charge in [-0.05, 0) is 136 Å². The Bertz CT molecular complexity index is 2110. The maximum Gasteiger partial charge on any atom is 0.255 e. The second-order valence-electron chi connectivity index (χ2n) is 19.1. The van der Waals surface area contributed by atoms with Crippen LogP contribution < -0.4 is 4.90 Å². The monoisotopic (exact) mass is 917 g/mol. The van der Waals surface area contributed by atoms with Crippen molar-refractivity contribution in [2.75, 3.05) is 51.2 Å². The number of likely N-dealkylation sites (N-methyl/N-ethyl adjacent to an activating group) is 1. The van der Waals surface area contributed by atoms with Crippen LogP contribution in [-0.2, 0) is 0 Å². The number of piperazine rings is 1. The van der Waals surface area contributed by atoms with Gasteiger partial charge in [-0.25, -0.2) is 0 Å². The first-order valence-electron chi connectivity index (χ1n) is 24.3. The summed E-state index contributed by atoms with van der Waals surface area (Å²) < 4.78 is 0. The molecule has 0 saturated carbocycles. The van der Waals surface area contributed by atoms with Gasteiger partial charge in [0.15, 0.2) is 5.78 Å². The van der Waals surface area contributed by atoms with Crippen molar-refractivity contribution in [2.24, 2.45) is 0 Å². The Morgan fingerprint density at radius 3 is 1.47 bits per heavy atom. The van der Waals surface area contributed by atoms with Crippen molar-refractivity contribution < 1.29 is 9.59 Å². The van der Waals surface area contributed by atoms with E-state index in [2.05, 4.69) is 160 Å². The third-order valence-corrected chi connectivity index (χ3v) is 12.3. The van der Waals surface area contributed by atoms with E-state index in [9.17, 15) is 9.59 Å². The highest BCUT2D eigenvalue weighted by molar-refractivity contribution is 6.33. The molecule has 1 amide bonds. The van der Waals surface area contributed by atoms with Gasteiger partial charge in [0.25, 0.3) is 5.91 Å². The first-order valence-corrected chi connectivity index (χ1v) is 24.7. The number of benzene rings is 4. The van der Waals surface area contributed by atoms with Gasteiger partial charge in [-0.15, -0.1) is 0 Å². The number of aromatic nitrogens is 1. The summed E-state index contributed by atoms with van der Waals surface area (Å²) in [5.41, 5.74) is 13.3.